The number of benzene rings is 1. The molecule has 1 N–H and O–H groups in total. The topological polar surface area (TPSA) is 68.5 Å². The van der Waals surface area contributed by atoms with Crippen molar-refractivity contribution in [1.29, 1.82) is 0 Å². The van der Waals surface area contributed by atoms with Gasteiger partial charge in [-0.15, -0.1) is 0 Å². The Labute approximate surface area is 75.7 Å². The summed E-state index contributed by atoms with van der Waals surface area (Å²) in [5, 5.41) is 0. The summed E-state index contributed by atoms with van der Waals surface area (Å²) in [6.07, 6.45) is 2.25. The van der Waals surface area contributed by atoms with E-state index < -0.39 is 10.1 Å². The Bertz CT molecular complexity index is 476. The smallest absolute Gasteiger partial charge is 0.282 e. The third kappa shape index (κ3) is 1.36. The van der Waals surface area contributed by atoms with Crippen LogP contribution in [0.4, 0.5) is 5.69 Å². The lowest BCUT2D eigenvalue weighted by molar-refractivity contribution is 0.483. The first kappa shape index (κ1) is 8.40. The van der Waals surface area contributed by atoms with Gasteiger partial charge in [0.1, 0.15) is 0 Å². The Hall–Kier alpha value is -1.20. The number of rotatable bonds is 1. The van der Waals surface area contributed by atoms with Gasteiger partial charge in [0, 0.05) is 5.56 Å². The summed E-state index contributed by atoms with van der Waals surface area (Å²) in [4.78, 5) is 3.79. The van der Waals surface area contributed by atoms with Crippen LogP contribution in [0.3, 0.4) is 0 Å². The molecule has 0 saturated heterocycles. The summed E-state index contributed by atoms with van der Waals surface area (Å²) in [5.74, 6) is 0. The predicted molar refractivity (Wildman–Crippen MR) is 47.8 cm³/mol. The molecular weight excluding hydrogens is 190 g/mol. The van der Waals surface area contributed by atoms with Crippen molar-refractivity contribution in [2.75, 3.05) is 0 Å². The van der Waals surface area contributed by atoms with E-state index in [9.17, 15) is 8.42 Å². The number of aliphatic imine (C=N–C) groups is 1. The predicted octanol–water partition coefficient (Wildman–Crippen LogP) is 0.528. The second-order valence-electron chi connectivity index (χ2n) is 2.75. The van der Waals surface area contributed by atoms with E-state index in [1.165, 1.54) is 6.07 Å². The third-order valence-electron chi connectivity index (χ3n) is 1.89. The summed E-state index contributed by atoms with van der Waals surface area (Å²) < 4.78 is 30.6. The minimum atomic E-state index is -4.14. The molecule has 0 atom stereocenters. The van der Waals surface area contributed by atoms with E-state index in [4.69, 9.17) is 4.55 Å². The van der Waals surface area contributed by atoms with Crippen LogP contribution in [-0.2, 0) is 16.5 Å². The monoisotopic (exact) mass is 197 g/mol. The number of nitrogens with zero attached hydrogens (tertiary/aromatic N) is 1. The largest absolute Gasteiger partial charge is 0.301 e. The Balaban J connectivity index is 2.74. The van der Waals surface area contributed by atoms with Crippen molar-refractivity contribution in [3.8, 4) is 0 Å². The van der Waals surface area contributed by atoms with Crippen molar-refractivity contribution in [1.82, 2.24) is 4.99 Å². The van der Waals surface area contributed by atoms with Gasteiger partial charge in [0.25, 0.3) is 0 Å². The highest BCUT2D eigenvalue weighted by Crippen LogP contribution is 2.26. The highest BCUT2D eigenvalue weighted by atomic mass is 32.2. The number of hydrogen-bond donors (Lipinski definition) is 1. The minimum Gasteiger partial charge on any atom is -0.282 e. The molecule has 13 heavy (non-hydrogen) atoms. The van der Waals surface area contributed by atoms with Crippen LogP contribution in [0.25, 0.3) is 0 Å². The highest BCUT2D eigenvalue weighted by molar-refractivity contribution is 7.86. The van der Waals surface area contributed by atoms with E-state index in [1.54, 1.807) is 18.3 Å². The van der Waals surface area contributed by atoms with Gasteiger partial charge in [0.05, 0.1) is 11.4 Å². The minimum absolute atomic E-state index is 0.112. The lowest BCUT2D eigenvalue weighted by Gasteiger charge is -1.95. The van der Waals surface area contributed by atoms with Crippen LogP contribution in [0.5, 0.6) is 0 Å². The Morgan fingerprint density at radius 2 is 2.15 bits per heavy atom. The molecule has 1 aliphatic rings. The molecule has 0 bridgehead atoms. The fourth-order valence-electron chi connectivity index (χ4n) is 1.32. The first-order valence-electron chi connectivity index (χ1n) is 3.71. The Kier molecular flexibility index (Phi) is 1.71. The second kappa shape index (κ2) is 2.65. The molecule has 1 aliphatic heterocycles. The van der Waals surface area contributed by atoms with E-state index >= 15 is 0 Å². The van der Waals surface area contributed by atoms with Crippen LogP contribution >= 0.6 is 0 Å². The van der Waals surface area contributed by atoms with E-state index in [0.717, 1.165) is 5.56 Å². The van der Waals surface area contributed by atoms with E-state index in [2.05, 4.69) is 4.99 Å². The molecule has 0 spiro atoms. The summed E-state index contributed by atoms with van der Waals surface area (Å²) in [6.45, 7) is 0. The number of hydrogen-bond acceptors (Lipinski definition) is 3. The van der Waals surface area contributed by atoms with E-state index in [1.807, 2.05) is 0 Å². The standard InChI is InChI=1S/C8H7NO3S/c10-13(11,12)7-3-1-2-6-4-5-9-8(6)7/h1-3,5H,4H2,(H,10,11,12)/q+1. The van der Waals surface area contributed by atoms with Crippen molar-refractivity contribution in [2.24, 2.45) is 0 Å². The maximum Gasteiger partial charge on any atom is 0.301 e. The van der Waals surface area contributed by atoms with Crippen molar-refractivity contribution < 1.29 is 13.0 Å². The Morgan fingerprint density at radius 3 is 2.85 bits per heavy atom. The first-order valence-corrected chi connectivity index (χ1v) is 5.15. The first-order chi connectivity index (χ1) is 6.09. The van der Waals surface area contributed by atoms with Gasteiger partial charge in [0.15, 0.2) is 4.90 Å². The van der Waals surface area contributed by atoms with Gasteiger partial charge in [-0.2, -0.15) is 8.42 Å². The molecule has 1 heterocycles. The maximum absolute atomic E-state index is 10.9. The molecule has 67 valence electrons. The molecule has 4 nitrogen and oxygen atoms in total. The van der Waals surface area contributed by atoms with Crippen LogP contribution in [0.1, 0.15) is 5.56 Å². The Morgan fingerprint density at radius 1 is 1.38 bits per heavy atom. The summed E-state index contributed by atoms with van der Waals surface area (Å²) in [5.41, 5.74) is 1.19. The van der Waals surface area contributed by atoms with Crippen LogP contribution < -0.4 is 4.99 Å². The molecule has 1 radical (unpaired) electrons. The van der Waals surface area contributed by atoms with Crippen LogP contribution in [0.2, 0.25) is 0 Å². The molecule has 1 aromatic rings. The van der Waals surface area contributed by atoms with Gasteiger partial charge in [-0.25, -0.2) is 0 Å². The lowest BCUT2D eigenvalue weighted by Crippen LogP contribution is -2.00. The van der Waals surface area contributed by atoms with Crippen LogP contribution in [0, 0.1) is 0 Å². The molecule has 0 unspecified atom stereocenters. The molecule has 0 amide bonds. The molecule has 5 heteroatoms. The maximum atomic E-state index is 10.9. The zero-order chi connectivity index (χ0) is 9.47. The van der Waals surface area contributed by atoms with Crippen molar-refractivity contribution in [2.45, 2.75) is 11.3 Å². The number of fused-ring (bicyclic) bond motifs is 1. The van der Waals surface area contributed by atoms with Gasteiger partial charge in [-0.1, -0.05) is 12.1 Å². The quantitative estimate of drug-likeness (QED) is 0.667. The zero-order valence-electron chi connectivity index (χ0n) is 6.64. The van der Waals surface area contributed by atoms with Gasteiger partial charge in [-0.05, 0) is 6.07 Å². The van der Waals surface area contributed by atoms with Crippen LogP contribution in [-0.4, -0.2) is 19.2 Å². The summed E-state index contributed by atoms with van der Waals surface area (Å²) in [6, 6.07) is 4.73. The van der Waals surface area contributed by atoms with Gasteiger partial charge in [0.2, 0.25) is 6.21 Å². The van der Waals surface area contributed by atoms with Gasteiger partial charge in [-0.3, -0.25) is 4.55 Å². The average Bonchev–Trinajstić information content (AvgIpc) is 2.48. The fourth-order valence-corrected chi connectivity index (χ4v) is 2.00. The van der Waals surface area contributed by atoms with E-state index in [0.29, 0.717) is 12.1 Å². The van der Waals surface area contributed by atoms with Crippen LogP contribution in [0.15, 0.2) is 23.1 Å². The molecular formula is C8H7NO3S+. The molecule has 0 fully saturated rings. The molecule has 1 aromatic carbocycles. The molecule has 0 aromatic heterocycles. The van der Waals surface area contributed by atoms with Crippen molar-refractivity contribution >= 4 is 22.0 Å². The summed E-state index contributed by atoms with van der Waals surface area (Å²) in [7, 11) is -4.14. The van der Waals surface area contributed by atoms with Gasteiger partial charge >= 0.3 is 15.8 Å². The lowest BCUT2D eigenvalue weighted by atomic mass is 10.2. The van der Waals surface area contributed by atoms with Crippen molar-refractivity contribution in [3.05, 3.63) is 23.8 Å². The van der Waals surface area contributed by atoms with E-state index in [-0.39, 0.29) is 4.90 Å². The second-order valence-corrected chi connectivity index (χ2v) is 4.14. The molecule has 0 saturated carbocycles. The normalized spacial score (nSPS) is 14.5. The molecule has 0 aliphatic carbocycles. The van der Waals surface area contributed by atoms with Gasteiger partial charge < -0.3 is 0 Å². The SMILES string of the molecule is O=S(=O)(O)c1cccc2c1[N+]=CC2. The number of para-hydroxylation sites is 1. The summed E-state index contributed by atoms with van der Waals surface area (Å²) >= 11 is 0. The van der Waals surface area contributed by atoms with Crippen molar-refractivity contribution in [3.63, 3.8) is 0 Å². The highest BCUT2D eigenvalue weighted by Gasteiger charge is 2.28. The third-order valence-corrected chi connectivity index (χ3v) is 2.78. The zero-order valence-corrected chi connectivity index (χ0v) is 7.45. The molecule has 2 rings (SSSR count). The fraction of sp³-hybridized carbons (Fsp3) is 0.125. The average molecular weight is 197 g/mol.